The van der Waals surface area contributed by atoms with Gasteiger partial charge in [-0.2, -0.15) is 0 Å². The fourth-order valence-electron chi connectivity index (χ4n) is 1.03. The molecule has 0 fully saturated rings. The second-order valence-electron chi connectivity index (χ2n) is 2.82. The van der Waals surface area contributed by atoms with E-state index in [1.807, 2.05) is 0 Å². The zero-order chi connectivity index (χ0) is 12.5. The summed E-state index contributed by atoms with van der Waals surface area (Å²) in [5.74, 6) is -5.36. The zero-order valence-corrected chi connectivity index (χ0v) is 9.52. The van der Waals surface area contributed by atoms with Crippen molar-refractivity contribution >= 4 is 21.9 Å². The molecule has 0 saturated heterocycles. The average molecular weight is 299 g/mol. The molecule has 3 nitrogen and oxygen atoms in total. The Morgan fingerprint density at radius 2 is 2.00 bits per heavy atom. The van der Waals surface area contributed by atoms with Crippen molar-refractivity contribution in [2.45, 2.75) is 6.10 Å². The van der Waals surface area contributed by atoms with Gasteiger partial charge in [0, 0.05) is 5.56 Å². The summed E-state index contributed by atoms with van der Waals surface area (Å²) in [6.45, 7) is 0. The van der Waals surface area contributed by atoms with Crippen LogP contribution in [0.3, 0.4) is 0 Å². The summed E-state index contributed by atoms with van der Waals surface area (Å²) in [6.07, 6.45) is -2.07. The number of carbonyl (C=O) groups is 1. The number of aliphatic hydroxyl groups is 1. The van der Waals surface area contributed by atoms with Gasteiger partial charge >= 0.3 is 5.97 Å². The number of ether oxygens (including phenoxy) is 1. The van der Waals surface area contributed by atoms with E-state index in [1.54, 1.807) is 0 Å². The van der Waals surface area contributed by atoms with E-state index in [-0.39, 0.29) is 0 Å². The van der Waals surface area contributed by atoms with Crippen LogP contribution < -0.4 is 0 Å². The molecule has 0 heterocycles. The highest BCUT2D eigenvalue weighted by molar-refractivity contribution is 9.10. The highest BCUT2D eigenvalue weighted by Crippen LogP contribution is 2.28. The molecule has 1 atom stereocenters. The second kappa shape index (κ2) is 4.84. The van der Waals surface area contributed by atoms with Crippen molar-refractivity contribution in [3.8, 4) is 0 Å². The Hall–Kier alpha value is -1.08. The Morgan fingerprint density at radius 1 is 1.44 bits per heavy atom. The third kappa shape index (κ3) is 2.19. The zero-order valence-electron chi connectivity index (χ0n) is 7.93. The maximum atomic E-state index is 13.3. The Kier molecular flexibility index (Phi) is 3.93. The maximum Gasteiger partial charge on any atom is 0.339 e. The Balaban J connectivity index is 3.30. The van der Waals surface area contributed by atoms with Crippen molar-refractivity contribution in [3.63, 3.8) is 0 Å². The average Bonchev–Trinajstić information content (AvgIpc) is 2.29. The van der Waals surface area contributed by atoms with Crippen LogP contribution in [-0.4, -0.2) is 18.2 Å². The van der Waals surface area contributed by atoms with Crippen molar-refractivity contribution in [1.29, 1.82) is 0 Å². The van der Waals surface area contributed by atoms with Crippen molar-refractivity contribution < 1.29 is 27.8 Å². The van der Waals surface area contributed by atoms with E-state index in [4.69, 9.17) is 0 Å². The van der Waals surface area contributed by atoms with Gasteiger partial charge in [-0.05, 0) is 22.0 Å². The quantitative estimate of drug-likeness (QED) is 0.516. The van der Waals surface area contributed by atoms with E-state index in [9.17, 15) is 23.1 Å². The Labute approximate surface area is 97.0 Å². The number of esters is 1. The molecule has 0 aliphatic heterocycles. The number of rotatable bonds is 2. The molecule has 1 aromatic carbocycles. The van der Waals surface area contributed by atoms with E-state index >= 15 is 0 Å². The number of aliphatic hydroxyl groups excluding tert-OH is 1. The first kappa shape index (κ1) is 13.0. The highest BCUT2D eigenvalue weighted by Gasteiger charge is 2.26. The molecule has 1 aromatic rings. The van der Waals surface area contributed by atoms with Crippen molar-refractivity contribution in [2.75, 3.05) is 7.11 Å². The van der Waals surface area contributed by atoms with Crippen LogP contribution in [0.1, 0.15) is 11.7 Å². The fourth-order valence-corrected chi connectivity index (χ4v) is 1.32. The van der Waals surface area contributed by atoms with Gasteiger partial charge in [0.05, 0.1) is 11.6 Å². The molecular weight excluding hydrogens is 293 g/mol. The van der Waals surface area contributed by atoms with Crippen molar-refractivity contribution in [3.05, 3.63) is 33.6 Å². The van der Waals surface area contributed by atoms with Gasteiger partial charge in [-0.3, -0.25) is 0 Å². The summed E-state index contributed by atoms with van der Waals surface area (Å²) in [4.78, 5) is 10.9. The fraction of sp³-hybridized carbons (Fsp3) is 0.222. The van der Waals surface area contributed by atoms with Crippen LogP contribution in [0.15, 0.2) is 10.5 Å². The van der Waals surface area contributed by atoms with Gasteiger partial charge < -0.3 is 9.84 Å². The second-order valence-corrected chi connectivity index (χ2v) is 3.61. The molecule has 0 aliphatic carbocycles. The minimum absolute atomic E-state index is 0.518. The van der Waals surface area contributed by atoms with E-state index in [1.165, 1.54) is 0 Å². The largest absolute Gasteiger partial charge is 0.467 e. The number of methoxy groups -OCH3 is 1. The molecule has 0 aromatic heterocycles. The summed E-state index contributed by atoms with van der Waals surface area (Å²) in [5, 5.41) is 9.25. The Morgan fingerprint density at radius 3 is 2.50 bits per heavy atom. The maximum absolute atomic E-state index is 13.3. The van der Waals surface area contributed by atoms with Crippen LogP contribution in [-0.2, 0) is 9.53 Å². The van der Waals surface area contributed by atoms with Gasteiger partial charge in [-0.1, -0.05) is 0 Å². The number of hydrogen-bond acceptors (Lipinski definition) is 3. The molecular formula is C9H6BrF3O3. The monoisotopic (exact) mass is 298 g/mol. The molecule has 7 heteroatoms. The molecule has 0 amide bonds. The summed E-state index contributed by atoms with van der Waals surface area (Å²) in [7, 11) is 0.953. The third-order valence-electron chi connectivity index (χ3n) is 1.85. The lowest BCUT2D eigenvalue weighted by atomic mass is 10.1. The van der Waals surface area contributed by atoms with Crippen LogP contribution in [0.4, 0.5) is 13.2 Å². The van der Waals surface area contributed by atoms with Crippen LogP contribution in [0.2, 0.25) is 0 Å². The predicted octanol–water partition coefficient (Wildman–Crippen LogP) is 2.07. The minimum Gasteiger partial charge on any atom is -0.467 e. The van der Waals surface area contributed by atoms with Crippen LogP contribution in [0.25, 0.3) is 0 Å². The molecule has 1 rings (SSSR count). The van der Waals surface area contributed by atoms with Gasteiger partial charge in [0.15, 0.2) is 17.7 Å². The molecule has 88 valence electrons. The lowest BCUT2D eigenvalue weighted by Crippen LogP contribution is -2.16. The van der Waals surface area contributed by atoms with Crippen molar-refractivity contribution in [1.82, 2.24) is 0 Å². The predicted molar refractivity (Wildman–Crippen MR) is 51.0 cm³/mol. The first-order valence-electron chi connectivity index (χ1n) is 3.99. The molecule has 0 radical (unpaired) electrons. The number of hydrogen-bond donors (Lipinski definition) is 1. The molecule has 1 N–H and O–H groups in total. The number of carbonyl (C=O) groups excluding carboxylic acids is 1. The number of benzene rings is 1. The smallest absolute Gasteiger partial charge is 0.339 e. The van der Waals surface area contributed by atoms with Crippen LogP contribution >= 0.6 is 15.9 Å². The van der Waals surface area contributed by atoms with E-state index in [0.29, 0.717) is 6.07 Å². The summed E-state index contributed by atoms with van der Waals surface area (Å²) in [6, 6.07) is 0.518. The van der Waals surface area contributed by atoms with Crippen LogP contribution in [0.5, 0.6) is 0 Å². The van der Waals surface area contributed by atoms with Gasteiger partial charge in [0.25, 0.3) is 0 Å². The highest BCUT2D eigenvalue weighted by atomic mass is 79.9. The topological polar surface area (TPSA) is 46.5 Å². The van der Waals surface area contributed by atoms with Crippen LogP contribution in [0, 0.1) is 17.5 Å². The van der Waals surface area contributed by atoms with Crippen molar-refractivity contribution in [2.24, 2.45) is 0 Å². The lowest BCUT2D eigenvalue weighted by molar-refractivity contribution is -0.150. The first-order valence-corrected chi connectivity index (χ1v) is 4.78. The first-order chi connectivity index (χ1) is 7.40. The normalized spacial score (nSPS) is 12.4. The molecule has 16 heavy (non-hydrogen) atoms. The minimum atomic E-state index is -2.07. The third-order valence-corrected chi connectivity index (χ3v) is 2.58. The van der Waals surface area contributed by atoms with E-state index < -0.39 is 39.6 Å². The Bertz CT molecular complexity index is 436. The molecule has 0 bridgehead atoms. The summed E-state index contributed by atoms with van der Waals surface area (Å²) >= 11 is 2.48. The molecule has 0 aliphatic rings. The van der Waals surface area contributed by atoms with E-state index in [2.05, 4.69) is 20.7 Å². The summed E-state index contributed by atoms with van der Waals surface area (Å²) < 4.78 is 42.8. The molecule has 0 spiro atoms. The van der Waals surface area contributed by atoms with Gasteiger partial charge in [0.2, 0.25) is 0 Å². The standard InChI is InChI=1S/C9H6BrF3O3/c1-16-9(15)8(14)3-2-4(11)5(10)7(13)6(3)12/h2,8,14H,1H3. The SMILES string of the molecule is COC(=O)C(O)c1cc(F)c(Br)c(F)c1F. The van der Waals surface area contributed by atoms with E-state index in [0.717, 1.165) is 7.11 Å². The van der Waals surface area contributed by atoms with Gasteiger partial charge in [-0.15, -0.1) is 0 Å². The van der Waals surface area contributed by atoms with Gasteiger partial charge in [-0.25, -0.2) is 18.0 Å². The summed E-state index contributed by atoms with van der Waals surface area (Å²) in [5.41, 5.74) is -0.815. The lowest BCUT2D eigenvalue weighted by Gasteiger charge is -2.11. The molecule has 1 unspecified atom stereocenters. The molecule has 0 saturated carbocycles. The van der Waals surface area contributed by atoms with Gasteiger partial charge in [0.1, 0.15) is 5.82 Å². The number of halogens is 4.